The smallest absolute Gasteiger partial charge is 0.370 e. The standard InChI is InChI=1S/C13H16F3N5/c1-4-5-17-11-6-10(13(14,15)16)7-12(19-11)21-9(3)18-8(2)20-21/h6-7H,4-5H2,1-3H3,(H,17,19). The summed E-state index contributed by atoms with van der Waals surface area (Å²) in [4.78, 5) is 8.26. The Balaban J connectivity index is 2.51. The van der Waals surface area contributed by atoms with Gasteiger partial charge in [-0.15, -0.1) is 5.10 Å². The van der Waals surface area contributed by atoms with Crippen LogP contribution in [-0.4, -0.2) is 26.3 Å². The Morgan fingerprint density at radius 2 is 1.90 bits per heavy atom. The molecule has 2 rings (SSSR count). The van der Waals surface area contributed by atoms with E-state index in [-0.39, 0.29) is 11.6 Å². The third kappa shape index (κ3) is 3.50. The fourth-order valence-corrected chi connectivity index (χ4v) is 1.87. The number of aryl methyl sites for hydroxylation is 2. The lowest BCUT2D eigenvalue weighted by Gasteiger charge is -2.12. The van der Waals surface area contributed by atoms with E-state index >= 15 is 0 Å². The number of anilines is 1. The van der Waals surface area contributed by atoms with Gasteiger partial charge in [0, 0.05) is 6.54 Å². The zero-order valence-corrected chi connectivity index (χ0v) is 12.0. The zero-order chi connectivity index (χ0) is 15.6. The molecule has 114 valence electrons. The minimum absolute atomic E-state index is 0.0986. The quantitative estimate of drug-likeness (QED) is 0.942. The Kier molecular flexibility index (Phi) is 4.15. The molecule has 0 saturated heterocycles. The highest BCUT2D eigenvalue weighted by Gasteiger charge is 2.32. The van der Waals surface area contributed by atoms with Gasteiger partial charge in [-0.2, -0.15) is 17.9 Å². The Hall–Kier alpha value is -2.12. The molecule has 0 amide bonds. The topological polar surface area (TPSA) is 55.6 Å². The lowest BCUT2D eigenvalue weighted by molar-refractivity contribution is -0.137. The molecule has 5 nitrogen and oxygen atoms in total. The van der Waals surface area contributed by atoms with E-state index in [1.165, 1.54) is 4.68 Å². The summed E-state index contributed by atoms with van der Waals surface area (Å²) in [7, 11) is 0. The van der Waals surface area contributed by atoms with Crippen LogP contribution < -0.4 is 5.32 Å². The van der Waals surface area contributed by atoms with Crippen LogP contribution in [0.25, 0.3) is 5.82 Å². The van der Waals surface area contributed by atoms with E-state index in [4.69, 9.17) is 0 Å². The first-order valence-corrected chi connectivity index (χ1v) is 6.55. The van der Waals surface area contributed by atoms with Gasteiger partial charge >= 0.3 is 6.18 Å². The fourth-order valence-electron chi connectivity index (χ4n) is 1.87. The predicted octanol–water partition coefficient (Wildman–Crippen LogP) is 3.12. The third-order valence-electron chi connectivity index (χ3n) is 2.79. The summed E-state index contributed by atoms with van der Waals surface area (Å²) in [5.41, 5.74) is -0.765. The summed E-state index contributed by atoms with van der Waals surface area (Å²) in [5.74, 6) is 1.24. The van der Waals surface area contributed by atoms with Crippen molar-refractivity contribution >= 4 is 5.82 Å². The van der Waals surface area contributed by atoms with E-state index in [0.717, 1.165) is 18.6 Å². The molecule has 2 heterocycles. The number of halogens is 3. The molecular weight excluding hydrogens is 283 g/mol. The first kappa shape index (κ1) is 15.3. The number of hydrogen-bond acceptors (Lipinski definition) is 4. The molecule has 0 bridgehead atoms. The van der Waals surface area contributed by atoms with Crippen LogP contribution in [0.5, 0.6) is 0 Å². The summed E-state index contributed by atoms with van der Waals surface area (Å²) in [6, 6.07) is 1.97. The second-order valence-corrected chi connectivity index (χ2v) is 4.64. The van der Waals surface area contributed by atoms with Crippen LogP contribution in [0, 0.1) is 13.8 Å². The number of nitrogens with one attached hydrogen (secondary N) is 1. The Labute approximate surface area is 120 Å². The SMILES string of the molecule is CCCNc1cc(C(F)(F)F)cc(-n2nc(C)nc2C)n1. The van der Waals surface area contributed by atoms with Gasteiger partial charge in [0.05, 0.1) is 5.56 Å². The van der Waals surface area contributed by atoms with E-state index in [2.05, 4.69) is 20.4 Å². The highest BCUT2D eigenvalue weighted by atomic mass is 19.4. The van der Waals surface area contributed by atoms with Crippen molar-refractivity contribution < 1.29 is 13.2 Å². The summed E-state index contributed by atoms with van der Waals surface area (Å²) >= 11 is 0. The normalized spacial score (nSPS) is 11.7. The first-order valence-electron chi connectivity index (χ1n) is 6.55. The van der Waals surface area contributed by atoms with Crippen LogP contribution >= 0.6 is 0 Å². The minimum Gasteiger partial charge on any atom is -0.370 e. The van der Waals surface area contributed by atoms with Crippen LogP contribution in [0.3, 0.4) is 0 Å². The Morgan fingerprint density at radius 3 is 2.43 bits per heavy atom. The van der Waals surface area contributed by atoms with Crippen LogP contribution in [0.15, 0.2) is 12.1 Å². The molecule has 0 aliphatic carbocycles. The highest BCUT2D eigenvalue weighted by Crippen LogP contribution is 2.31. The largest absolute Gasteiger partial charge is 0.416 e. The summed E-state index contributed by atoms with van der Waals surface area (Å²) in [5, 5.41) is 6.94. The molecule has 0 aromatic carbocycles. The summed E-state index contributed by atoms with van der Waals surface area (Å²) < 4.78 is 40.3. The molecule has 0 aliphatic heterocycles. The number of aromatic nitrogens is 4. The number of hydrogen-bond donors (Lipinski definition) is 1. The van der Waals surface area contributed by atoms with E-state index < -0.39 is 11.7 Å². The van der Waals surface area contributed by atoms with Gasteiger partial charge in [0.2, 0.25) is 0 Å². The number of pyridine rings is 1. The molecule has 0 atom stereocenters. The molecule has 2 aromatic heterocycles. The van der Waals surface area contributed by atoms with Crippen molar-refractivity contribution in [2.45, 2.75) is 33.4 Å². The monoisotopic (exact) mass is 299 g/mol. The molecule has 0 radical (unpaired) electrons. The molecule has 2 aromatic rings. The van der Waals surface area contributed by atoms with E-state index in [0.29, 0.717) is 18.2 Å². The van der Waals surface area contributed by atoms with Crippen molar-refractivity contribution in [1.82, 2.24) is 19.7 Å². The van der Waals surface area contributed by atoms with Gasteiger partial charge in [0.25, 0.3) is 0 Å². The Morgan fingerprint density at radius 1 is 1.19 bits per heavy atom. The van der Waals surface area contributed by atoms with E-state index in [1.807, 2.05) is 6.92 Å². The van der Waals surface area contributed by atoms with Crippen LogP contribution in [0.2, 0.25) is 0 Å². The van der Waals surface area contributed by atoms with Crippen LogP contribution in [0.1, 0.15) is 30.6 Å². The van der Waals surface area contributed by atoms with Gasteiger partial charge in [-0.3, -0.25) is 0 Å². The second-order valence-electron chi connectivity index (χ2n) is 4.64. The zero-order valence-electron chi connectivity index (χ0n) is 12.0. The third-order valence-corrected chi connectivity index (χ3v) is 2.79. The molecule has 0 aliphatic rings. The maximum Gasteiger partial charge on any atom is 0.416 e. The summed E-state index contributed by atoms with van der Waals surface area (Å²) in [6.45, 7) is 5.81. The predicted molar refractivity (Wildman–Crippen MR) is 72.4 cm³/mol. The van der Waals surface area contributed by atoms with Crippen molar-refractivity contribution in [2.75, 3.05) is 11.9 Å². The fraction of sp³-hybridized carbons (Fsp3) is 0.462. The Bertz CT molecular complexity index is 633. The van der Waals surface area contributed by atoms with Gasteiger partial charge < -0.3 is 5.32 Å². The van der Waals surface area contributed by atoms with Crippen molar-refractivity contribution in [1.29, 1.82) is 0 Å². The first-order chi connectivity index (χ1) is 9.81. The van der Waals surface area contributed by atoms with Crippen molar-refractivity contribution in [3.8, 4) is 5.82 Å². The average Bonchev–Trinajstić information content (AvgIpc) is 2.74. The lowest BCUT2D eigenvalue weighted by atomic mass is 10.2. The van der Waals surface area contributed by atoms with Gasteiger partial charge in [-0.1, -0.05) is 6.92 Å². The van der Waals surface area contributed by atoms with Crippen molar-refractivity contribution in [3.05, 3.63) is 29.3 Å². The van der Waals surface area contributed by atoms with Gasteiger partial charge in [-0.05, 0) is 32.4 Å². The highest BCUT2D eigenvalue weighted by molar-refractivity contribution is 5.45. The van der Waals surface area contributed by atoms with Crippen molar-refractivity contribution in [3.63, 3.8) is 0 Å². The number of nitrogens with zero attached hydrogens (tertiary/aromatic N) is 4. The molecular formula is C13H16F3N5. The second kappa shape index (κ2) is 5.71. The van der Waals surface area contributed by atoms with Crippen LogP contribution in [0.4, 0.5) is 19.0 Å². The number of rotatable bonds is 4. The number of alkyl halides is 3. The maximum absolute atomic E-state index is 13.0. The van der Waals surface area contributed by atoms with Crippen LogP contribution in [-0.2, 0) is 6.18 Å². The van der Waals surface area contributed by atoms with E-state index in [1.54, 1.807) is 13.8 Å². The van der Waals surface area contributed by atoms with Crippen molar-refractivity contribution in [2.24, 2.45) is 0 Å². The lowest BCUT2D eigenvalue weighted by Crippen LogP contribution is -2.12. The summed E-state index contributed by atoms with van der Waals surface area (Å²) in [6.07, 6.45) is -3.65. The minimum atomic E-state index is -4.44. The molecule has 0 fully saturated rings. The average molecular weight is 299 g/mol. The van der Waals surface area contributed by atoms with Gasteiger partial charge in [0.15, 0.2) is 5.82 Å². The molecule has 21 heavy (non-hydrogen) atoms. The molecule has 1 N–H and O–H groups in total. The van der Waals surface area contributed by atoms with Gasteiger partial charge in [0.1, 0.15) is 17.5 Å². The maximum atomic E-state index is 13.0. The molecule has 0 unspecified atom stereocenters. The molecule has 8 heteroatoms. The molecule has 0 saturated carbocycles. The van der Waals surface area contributed by atoms with E-state index in [9.17, 15) is 13.2 Å². The van der Waals surface area contributed by atoms with Gasteiger partial charge in [-0.25, -0.2) is 9.97 Å². The molecule has 0 spiro atoms.